The summed E-state index contributed by atoms with van der Waals surface area (Å²) in [5.41, 5.74) is 1.61. The minimum atomic E-state index is -4.30. The molecule has 2 aliphatic rings. The zero-order valence-electron chi connectivity index (χ0n) is 22.6. The van der Waals surface area contributed by atoms with Gasteiger partial charge in [0.25, 0.3) is 0 Å². The summed E-state index contributed by atoms with van der Waals surface area (Å²) in [6, 6.07) is 1.12. The van der Waals surface area contributed by atoms with Gasteiger partial charge in [0.1, 0.15) is 5.54 Å². The lowest BCUT2D eigenvalue weighted by Crippen LogP contribution is -2.47. The summed E-state index contributed by atoms with van der Waals surface area (Å²) in [6.07, 6.45) is 2.61. The molecule has 0 unspecified atom stereocenters. The second kappa shape index (κ2) is 9.88. The van der Waals surface area contributed by atoms with Crippen LogP contribution in [0.25, 0.3) is 16.6 Å². The molecule has 2 N–H and O–H groups in total. The molecule has 0 bridgehead atoms. The first kappa shape index (κ1) is 27.6. The maximum Gasteiger partial charge on any atom is 0.391 e. The topological polar surface area (TPSA) is 107 Å². The van der Waals surface area contributed by atoms with E-state index < -0.39 is 29.8 Å². The van der Waals surface area contributed by atoms with Crippen LogP contribution in [0.1, 0.15) is 71.4 Å². The van der Waals surface area contributed by atoms with Crippen molar-refractivity contribution in [2.75, 3.05) is 18.5 Å². The average molecular weight is 549 g/mol. The highest BCUT2D eigenvalue weighted by atomic mass is 19.4. The summed E-state index contributed by atoms with van der Waals surface area (Å²) in [5, 5.41) is 22.4. The predicted molar refractivity (Wildman–Crippen MR) is 138 cm³/mol. The fourth-order valence-electron chi connectivity index (χ4n) is 5.52. The Hall–Kier alpha value is -2.99. The maximum absolute atomic E-state index is 13.0. The SMILES string of the molecule is C[C@@H](CC(F)(F)F)Nc1ncc2c(-c3cnn(C(C)(C)C(=O)C4COC4)c3)cc([C@H]3CC[C@](C)(O)CC3)n2n1. The lowest BCUT2D eigenvalue weighted by Gasteiger charge is -2.33. The van der Waals surface area contributed by atoms with Crippen LogP contribution in [0.5, 0.6) is 0 Å². The van der Waals surface area contributed by atoms with Crippen LogP contribution in [-0.2, 0) is 15.1 Å². The van der Waals surface area contributed by atoms with Crippen molar-refractivity contribution in [2.45, 2.75) is 89.1 Å². The highest BCUT2D eigenvalue weighted by molar-refractivity contribution is 5.89. The molecule has 3 aromatic rings. The van der Waals surface area contributed by atoms with Gasteiger partial charge in [0.05, 0.1) is 49.1 Å². The molecule has 1 saturated heterocycles. The number of aromatic nitrogens is 5. The molecule has 1 saturated carbocycles. The number of hydrogen-bond acceptors (Lipinski definition) is 7. The maximum atomic E-state index is 13.0. The molecule has 4 heterocycles. The number of halogens is 3. The van der Waals surface area contributed by atoms with Crippen LogP contribution in [-0.4, -0.2) is 66.3 Å². The predicted octanol–water partition coefficient (Wildman–Crippen LogP) is 4.70. The molecule has 1 atom stereocenters. The van der Waals surface area contributed by atoms with Crippen molar-refractivity contribution < 1.29 is 27.8 Å². The molecule has 0 amide bonds. The highest BCUT2D eigenvalue weighted by Crippen LogP contribution is 2.41. The third-order valence-electron chi connectivity index (χ3n) is 8.02. The molecular formula is C27H35F3N6O3. The summed E-state index contributed by atoms with van der Waals surface area (Å²) >= 11 is 0. The monoisotopic (exact) mass is 548 g/mol. The quantitative estimate of drug-likeness (QED) is 0.420. The van der Waals surface area contributed by atoms with Gasteiger partial charge in [-0.3, -0.25) is 9.48 Å². The van der Waals surface area contributed by atoms with Crippen molar-refractivity contribution in [2.24, 2.45) is 5.92 Å². The van der Waals surface area contributed by atoms with Crippen LogP contribution < -0.4 is 5.32 Å². The summed E-state index contributed by atoms with van der Waals surface area (Å²) in [7, 11) is 0. The van der Waals surface area contributed by atoms with E-state index in [1.807, 2.05) is 33.0 Å². The number of aliphatic hydroxyl groups is 1. The van der Waals surface area contributed by atoms with Gasteiger partial charge in [0.2, 0.25) is 5.95 Å². The van der Waals surface area contributed by atoms with E-state index in [1.54, 1.807) is 21.6 Å². The van der Waals surface area contributed by atoms with Crippen molar-refractivity contribution in [1.82, 2.24) is 24.4 Å². The van der Waals surface area contributed by atoms with E-state index in [9.17, 15) is 23.1 Å². The van der Waals surface area contributed by atoms with Gasteiger partial charge in [-0.1, -0.05) is 0 Å². The number of fused-ring (bicyclic) bond motifs is 1. The Bertz CT molecular complexity index is 1350. The number of nitrogens with zero attached hydrogens (tertiary/aromatic N) is 5. The molecular weight excluding hydrogens is 513 g/mol. The van der Waals surface area contributed by atoms with Crippen LogP contribution in [0.2, 0.25) is 0 Å². The molecule has 9 nitrogen and oxygen atoms in total. The number of ether oxygens (including phenoxy) is 1. The molecule has 2 fully saturated rings. The lowest BCUT2D eigenvalue weighted by molar-refractivity contribution is -0.144. The van der Waals surface area contributed by atoms with Crippen molar-refractivity contribution >= 4 is 17.2 Å². The van der Waals surface area contributed by atoms with Crippen LogP contribution in [0.15, 0.2) is 24.7 Å². The molecule has 0 radical (unpaired) electrons. The van der Waals surface area contributed by atoms with Gasteiger partial charge < -0.3 is 15.2 Å². The summed E-state index contributed by atoms with van der Waals surface area (Å²) in [5.74, 6) is 0.133. The van der Waals surface area contributed by atoms with Gasteiger partial charge in [-0.15, -0.1) is 5.10 Å². The van der Waals surface area contributed by atoms with Crippen molar-refractivity contribution in [1.29, 1.82) is 0 Å². The molecule has 0 spiro atoms. The largest absolute Gasteiger partial charge is 0.391 e. The fourth-order valence-corrected chi connectivity index (χ4v) is 5.52. The molecule has 1 aliphatic heterocycles. The first-order chi connectivity index (χ1) is 18.2. The highest BCUT2D eigenvalue weighted by Gasteiger charge is 2.40. The first-order valence-corrected chi connectivity index (χ1v) is 13.4. The second-order valence-electron chi connectivity index (χ2n) is 11.8. The zero-order chi connectivity index (χ0) is 28.2. The van der Waals surface area contributed by atoms with Gasteiger partial charge in [-0.25, -0.2) is 9.50 Å². The summed E-state index contributed by atoms with van der Waals surface area (Å²) in [6.45, 7) is 7.81. The Morgan fingerprint density at radius 1 is 1.26 bits per heavy atom. The normalized spacial score (nSPS) is 23.5. The summed E-state index contributed by atoms with van der Waals surface area (Å²) in [4.78, 5) is 17.3. The van der Waals surface area contributed by atoms with Crippen molar-refractivity contribution in [3.8, 4) is 11.1 Å². The van der Waals surface area contributed by atoms with E-state index in [4.69, 9.17) is 4.74 Å². The van der Waals surface area contributed by atoms with E-state index in [1.165, 1.54) is 6.92 Å². The van der Waals surface area contributed by atoms with Gasteiger partial charge in [0, 0.05) is 35.0 Å². The number of hydrogen-bond donors (Lipinski definition) is 2. The third-order valence-corrected chi connectivity index (χ3v) is 8.02. The number of rotatable bonds is 8. The Labute approximate surface area is 224 Å². The molecule has 39 heavy (non-hydrogen) atoms. The number of carbonyl (C=O) groups excluding carboxylic acids is 1. The fraction of sp³-hybridized carbons (Fsp3) is 0.630. The third kappa shape index (κ3) is 5.67. The van der Waals surface area contributed by atoms with Gasteiger partial charge in [0.15, 0.2) is 5.78 Å². The molecule has 212 valence electrons. The Balaban J connectivity index is 1.50. The van der Waals surface area contributed by atoms with Crippen LogP contribution in [0.3, 0.4) is 0 Å². The lowest BCUT2D eigenvalue weighted by atomic mass is 9.78. The molecule has 12 heteroatoms. The van der Waals surface area contributed by atoms with E-state index in [0.717, 1.165) is 29.7 Å². The van der Waals surface area contributed by atoms with E-state index >= 15 is 0 Å². The first-order valence-electron chi connectivity index (χ1n) is 13.4. The second-order valence-corrected chi connectivity index (χ2v) is 11.8. The van der Waals surface area contributed by atoms with Crippen LogP contribution in [0, 0.1) is 5.92 Å². The van der Waals surface area contributed by atoms with Gasteiger partial charge in [-0.2, -0.15) is 18.3 Å². The van der Waals surface area contributed by atoms with Crippen molar-refractivity contribution in [3.63, 3.8) is 0 Å². The standard InChI is InChI=1S/C27H35F3N6O3/c1-16(10-27(28,29)30)33-24-31-12-22-20(9-21(36(22)34-24)17-5-7-26(4,38)8-6-17)18-11-32-35(13-18)25(2,3)23(37)19-14-39-15-19/h9,11-13,16-17,19,38H,5-8,10,14-15H2,1-4H3,(H,33,34)/t16-,17-,26-/m0/s1. The zero-order valence-corrected chi connectivity index (χ0v) is 22.6. The number of Topliss-reactive ketones (excluding diaryl/α,β-unsaturated/α-hetero) is 1. The average Bonchev–Trinajstić information content (AvgIpc) is 3.42. The number of alkyl halides is 3. The Morgan fingerprint density at radius 2 is 1.95 bits per heavy atom. The number of nitrogens with one attached hydrogen (secondary N) is 1. The Morgan fingerprint density at radius 3 is 2.56 bits per heavy atom. The smallest absolute Gasteiger partial charge is 0.390 e. The van der Waals surface area contributed by atoms with Crippen LogP contribution in [0.4, 0.5) is 19.1 Å². The van der Waals surface area contributed by atoms with E-state index in [-0.39, 0.29) is 23.6 Å². The molecule has 0 aromatic carbocycles. The molecule has 5 rings (SSSR count). The minimum absolute atomic E-state index is 0.0621. The van der Waals surface area contributed by atoms with Crippen LogP contribution >= 0.6 is 0 Å². The van der Waals surface area contributed by atoms with Gasteiger partial charge >= 0.3 is 6.18 Å². The van der Waals surface area contributed by atoms with Gasteiger partial charge in [-0.05, 0) is 59.4 Å². The molecule has 1 aliphatic carbocycles. The molecule has 3 aromatic heterocycles. The number of carbonyl (C=O) groups is 1. The Kier molecular flexibility index (Phi) is 6.99. The van der Waals surface area contributed by atoms with Crippen molar-refractivity contribution in [3.05, 3.63) is 30.4 Å². The van der Waals surface area contributed by atoms with E-state index in [0.29, 0.717) is 31.6 Å². The number of anilines is 1. The number of ketones is 1. The minimum Gasteiger partial charge on any atom is -0.390 e. The van der Waals surface area contributed by atoms with E-state index in [2.05, 4.69) is 20.5 Å². The summed E-state index contributed by atoms with van der Waals surface area (Å²) < 4.78 is 47.3.